The molecule has 5 heteroatoms. The van der Waals surface area contributed by atoms with Crippen molar-refractivity contribution in [2.45, 2.75) is 23.5 Å². The molecular formula is C12H15N3OS. The fraction of sp³-hybridized carbons (Fsp3) is 0.333. The Bertz CT molecular complexity index is 458. The van der Waals surface area contributed by atoms with Gasteiger partial charge in [0.05, 0.1) is 5.75 Å². The number of thioether (sulfide) groups is 1. The van der Waals surface area contributed by atoms with Gasteiger partial charge in [-0.05, 0) is 12.1 Å². The standard InChI is InChI=1S/C12H15N3OS/c1-9(7-13)12-14-11(15-16-12)8-17-10-5-3-2-4-6-10/h2-6,9H,7-8,13H2,1H3. The molecule has 0 aliphatic carbocycles. The van der Waals surface area contributed by atoms with E-state index < -0.39 is 0 Å². The summed E-state index contributed by atoms with van der Waals surface area (Å²) in [5.74, 6) is 2.17. The second-order valence-electron chi connectivity index (χ2n) is 3.79. The Balaban J connectivity index is 1.94. The maximum atomic E-state index is 5.55. The van der Waals surface area contributed by atoms with Crippen LogP contribution < -0.4 is 5.73 Å². The third kappa shape index (κ3) is 3.31. The van der Waals surface area contributed by atoms with Crippen molar-refractivity contribution >= 4 is 11.8 Å². The average molecular weight is 249 g/mol. The maximum Gasteiger partial charge on any atom is 0.230 e. The van der Waals surface area contributed by atoms with E-state index in [1.807, 2.05) is 25.1 Å². The fourth-order valence-electron chi connectivity index (χ4n) is 1.29. The monoisotopic (exact) mass is 249 g/mol. The molecule has 0 bridgehead atoms. The number of hydrogen-bond donors (Lipinski definition) is 1. The highest BCUT2D eigenvalue weighted by atomic mass is 32.2. The summed E-state index contributed by atoms with van der Waals surface area (Å²) >= 11 is 1.69. The molecule has 0 saturated heterocycles. The molecule has 2 rings (SSSR count). The summed E-state index contributed by atoms with van der Waals surface area (Å²) in [6.07, 6.45) is 0. The first-order chi connectivity index (χ1) is 8.29. The van der Waals surface area contributed by atoms with Crippen LogP contribution in [0.5, 0.6) is 0 Å². The van der Waals surface area contributed by atoms with Gasteiger partial charge in [-0.25, -0.2) is 0 Å². The topological polar surface area (TPSA) is 64.9 Å². The summed E-state index contributed by atoms with van der Waals surface area (Å²) in [5, 5.41) is 3.94. The van der Waals surface area contributed by atoms with E-state index in [2.05, 4.69) is 22.3 Å². The zero-order chi connectivity index (χ0) is 12.1. The first-order valence-corrected chi connectivity index (χ1v) is 6.48. The molecule has 4 nitrogen and oxygen atoms in total. The van der Waals surface area contributed by atoms with Crippen LogP contribution in [0.3, 0.4) is 0 Å². The number of benzene rings is 1. The van der Waals surface area contributed by atoms with Gasteiger partial charge in [0, 0.05) is 17.4 Å². The molecule has 2 N–H and O–H groups in total. The largest absolute Gasteiger partial charge is 0.339 e. The molecule has 1 atom stereocenters. The minimum atomic E-state index is 0.123. The van der Waals surface area contributed by atoms with Crippen molar-refractivity contribution in [2.24, 2.45) is 5.73 Å². The molecular weight excluding hydrogens is 234 g/mol. The van der Waals surface area contributed by atoms with Gasteiger partial charge < -0.3 is 10.3 Å². The Labute approximate surface area is 105 Å². The van der Waals surface area contributed by atoms with Gasteiger partial charge in [0.25, 0.3) is 0 Å². The molecule has 1 unspecified atom stereocenters. The summed E-state index contributed by atoms with van der Waals surface area (Å²) in [6, 6.07) is 10.2. The minimum Gasteiger partial charge on any atom is -0.339 e. The van der Waals surface area contributed by atoms with Crippen LogP contribution in [0.1, 0.15) is 24.6 Å². The minimum absolute atomic E-state index is 0.123. The molecule has 1 heterocycles. The van der Waals surface area contributed by atoms with Crippen molar-refractivity contribution in [1.29, 1.82) is 0 Å². The predicted molar refractivity (Wildman–Crippen MR) is 67.8 cm³/mol. The molecule has 1 aromatic heterocycles. The molecule has 0 aliphatic rings. The number of nitrogens with zero attached hydrogens (tertiary/aromatic N) is 2. The predicted octanol–water partition coefficient (Wildman–Crippen LogP) is 2.42. The lowest BCUT2D eigenvalue weighted by atomic mass is 10.2. The summed E-state index contributed by atoms with van der Waals surface area (Å²) in [7, 11) is 0. The van der Waals surface area contributed by atoms with Crippen LogP contribution >= 0.6 is 11.8 Å². The van der Waals surface area contributed by atoms with E-state index in [1.165, 1.54) is 4.90 Å². The van der Waals surface area contributed by atoms with Gasteiger partial charge in [-0.1, -0.05) is 30.3 Å². The Hall–Kier alpha value is -1.33. The molecule has 0 saturated carbocycles. The molecule has 90 valence electrons. The quantitative estimate of drug-likeness (QED) is 0.824. The molecule has 0 radical (unpaired) electrons. The van der Waals surface area contributed by atoms with E-state index in [9.17, 15) is 0 Å². The number of nitrogens with two attached hydrogens (primary N) is 1. The van der Waals surface area contributed by atoms with Gasteiger partial charge in [0.2, 0.25) is 5.89 Å². The maximum absolute atomic E-state index is 5.55. The van der Waals surface area contributed by atoms with Gasteiger partial charge >= 0.3 is 0 Å². The van der Waals surface area contributed by atoms with Crippen LogP contribution in [0.2, 0.25) is 0 Å². The van der Waals surface area contributed by atoms with Gasteiger partial charge in [-0.3, -0.25) is 0 Å². The lowest BCUT2D eigenvalue weighted by molar-refractivity contribution is 0.358. The number of hydrogen-bond acceptors (Lipinski definition) is 5. The van der Waals surface area contributed by atoms with Gasteiger partial charge in [0.1, 0.15) is 0 Å². The van der Waals surface area contributed by atoms with E-state index in [-0.39, 0.29) is 5.92 Å². The molecule has 1 aromatic carbocycles. The highest BCUT2D eigenvalue weighted by molar-refractivity contribution is 7.98. The number of aromatic nitrogens is 2. The smallest absolute Gasteiger partial charge is 0.230 e. The summed E-state index contributed by atoms with van der Waals surface area (Å²) in [5.41, 5.74) is 5.55. The Kier molecular flexibility index (Phi) is 4.17. The third-order valence-electron chi connectivity index (χ3n) is 2.37. The van der Waals surface area contributed by atoms with Gasteiger partial charge in [-0.2, -0.15) is 4.98 Å². The van der Waals surface area contributed by atoms with Crippen LogP contribution in [-0.4, -0.2) is 16.7 Å². The normalized spacial score (nSPS) is 12.6. The second-order valence-corrected chi connectivity index (χ2v) is 4.84. The number of rotatable bonds is 5. The van der Waals surface area contributed by atoms with E-state index in [0.717, 1.165) is 0 Å². The van der Waals surface area contributed by atoms with Crippen molar-refractivity contribution in [1.82, 2.24) is 10.1 Å². The van der Waals surface area contributed by atoms with Gasteiger partial charge in [0.15, 0.2) is 5.82 Å². The fourth-order valence-corrected chi connectivity index (χ4v) is 2.05. The zero-order valence-electron chi connectivity index (χ0n) is 9.67. The van der Waals surface area contributed by atoms with Crippen molar-refractivity contribution in [2.75, 3.05) is 6.54 Å². The molecule has 2 aromatic rings. The molecule has 0 fully saturated rings. The lowest BCUT2D eigenvalue weighted by Crippen LogP contribution is -2.09. The summed E-state index contributed by atoms with van der Waals surface area (Å²) in [6.45, 7) is 2.50. The van der Waals surface area contributed by atoms with E-state index in [4.69, 9.17) is 10.3 Å². The van der Waals surface area contributed by atoms with Crippen LogP contribution in [0.25, 0.3) is 0 Å². The Morgan fingerprint density at radius 3 is 2.82 bits per heavy atom. The van der Waals surface area contributed by atoms with E-state index in [0.29, 0.717) is 24.0 Å². The molecule has 0 amide bonds. The highest BCUT2D eigenvalue weighted by Crippen LogP contribution is 2.21. The average Bonchev–Trinajstić information content (AvgIpc) is 2.85. The highest BCUT2D eigenvalue weighted by Gasteiger charge is 2.12. The van der Waals surface area contributed by atoms with Crippen molar-refractivity contribution in [3.63, 3.8) is 0 Å². The molecule has 0 aliphatic heterocycles. The second kappa shape index (κ2) is 5.84. The summed E-state index contributed by atoms with van der Waals surface area (Å²) in [4.78, 5) is 5.52. The van der Waals surface area contributed by atoms with Crippen LogP contribution in [0, 0.1) is 0 Å². The van der Waals surface area contributed by atoms with Crippen LogP contribution in [0.15, 0.2) is 39.8 Å². The van der Waals surface area contributed by atoms with Crippen LogP contribution in [-0.2, 0) is 5.75 Å². The van der Waals surface area contributed by atoms with Gasteiger partial charge in [-0.15, -0.1) is 11.8 Å². The summed E-state index contributed by atoms with van der Waals surface area (Å²) < 4.78 is 5.15. The van der Waals surface area contributed by atoms with Crippen molar-refractivity contribution in [3.8, 4) is 0 Å². The SMILES string of the molecule is CC(CN)c1nc(CSc2ccccc2)no1. The zero-order valence-corrected chi connectivity index (χ0v) is 10.5. The molecule has 17 heavy (non-hydrogen) atoms. The van der Waals surface area contributed by atoms with Crippen molar-refractivity contribution in [3.05, 3.63) is 42.0 Å². The van der Waals surface area contributed by atoms with E-state index in [1.54, 1.807) is 11.8 Å². The van der Waals surface area contributed by atoms with Crippen LogP contribution in [0.4, 0.5) is 0 Å². The Morgan fingerprint density at radius 2 is 2.12 bits per heavy atom. The first kappa shape index (κ1) is 12.1. The van der Waals surface area contributed by atoms with Crippen molar-refractivity contribution < 1.29 is 4.52 Å². The molecule has 0 spiro atoms. The lowest BCUT2D eigenvalue weighted by Gasteiger charge is -1.99. The van der Waals surface area contributed by atoms with E-state index >= 15 is 0 Å². The third-order valence-corrected chi connectivity index (χ3v) is 3.38. The Morgan fingerprint density at radius 1 is 1.35 bits per heavy atom. The first-order valence-electron chi connectivity index (χ1n) is 5.50.